The molecule has 0 spiro atoms. The van der Waals surface area contributed by atoms with E-state index in [2.05, 4.69) is 5.32 Å². The molecule has 1 aliphatic rings. The number of benzene rings is 1. The fourth-order valence-electron chi connectivity index (χ4n) is 3.22. The Morgan fingerprint density at radius 2 is 2.15 bits per heavy atom. The maximum Gasteiger partial charge on any atom is 0.264 e. The van der Waals surface area contributed by atoms with Crippen molar-refractivity contribution in [1.29, 1.82) is 0 Å². The first-order valence-corrected chi connectivity index (χ1v) is 9.47. The molecule has 0 saturated carbocycles. The highest BCUT2D eigenvalue weighted by Gasteiger charge is 2.36. The van der Waals surface area contributed by atoms with Gasteiger partial charge in [0.15, 0.2) is 0 Å². The smallest absolute Gasteiger partial charge is 0.264 e. The quantitative estimate of drug-likeness (QED) is 0.819. The summed E-state index contributed by atoms with van der Waals surface area (Å²) in [5, 5.41) is 14.9. The number of rotatable bonds is 5. The topological polar surface area (TPSA) is 69.6 Å². The van der Waals surface area contributed by atoms with Crippen LogP contribution in [-0.4, -0.2) is 41.0 Å². The first-order valence-electron chi connectivity index (χ1n) is 8.60. The largest absolute Gasteiger partial charge is 0.383 e. The molecule has 1 unspecified atom stereocenters. The fraction of sp³-hybridized carbons (Fsp3) is 0.368. The number of hydrogen-bond donors (Lipinski definition) is 2. The van der Waals surface area contributed by atoms with Crippen molar-refractivity contribution in [3.05, 3.63) is 57.8 Å². The van der Waals surface area contributed by atoms with Crippen LogP contribution in [0.1, 0.15) is 35.0 Å². The van der Waals surface area contributed by atoms with Gasteiger partial charge >= 0.3 is 0 Å². The molecule has 2 heterocycles. The first-order chi connectivity index (χ1) is 12.8. The van der Waals surface area contributed by atoms with Gasteiger partial charge in [-0.15, -0.1) is 11.3 Å². The summed E-state index contributed by atoms with van der Waals surface area (Å²) in [7, 11) is 0. The van der Waals surface area contributed by atoms with Gasteiger partial charge in [0.05, 0.1) is 11.4 Å². The molecule has 5 nitrogen and oxygen atoms in total. The minimum absolute atomic E-state index is 0.109. The third-order valence-corrected chi connectivity index (χ3v) is 5.52. The maximum absolute atomic E-state index is 13.9. The van der Waals surface area contributed by atoms with Crippen LogP contribution in [-0.2, 0) is 10.4 Å². The van der Waals surface area contributed by atoms with Crippen LogP contribution in [0.15, 0.2) is 35.7 Å². The molecule has 27 heavy (non-hydrogen) atoms. The van der Waals surface area contributed by atoms with Gasteiger partial charge in [0, 0.05) is 18.2 Å². The molecule has 1 aromatic heterocycles. The van der Waals surface area contributed by atoms with Gasteiger partial charge < -0.3 is 15.3 Å². The number of nitrogens with zero attached hydrogens (tertiary/aromatic N) is 1. The van der Waals surface area contributed by atoms with Crippen molar-refractivity contribution < 1.29 is 23.5 Å². The van der Waals surface area contributed by atoms with Gasteiger partial charge in [0.2, 0.25) is 5.91 Å². The highest BCUT2D eigenvalue weighted by Crippen LogP contribution is 2.25. The van der Waals surface area contributed by atoms with E-state index in [1.54, 1.807) is 17.5 Å². The number of amides is 2. The summed E-state index contributed by atoms with van der Waals surface area (Å²) in [6.45, 7) is 1.57. The molecule has 1 aromatic carbocycles. The number of halogens is 2. The number of carbonyl (C=O) groups is 2. The molecule has 3 rings (SSSR count). The second kappa shape index (κ2) is 7.74. The van der Waals surface area contributed by atoms with Crippen molar-refractivity contribution in [2.24, 2.45) is 0 Å². The van der Waals surface area contributed by atoms with Crippen LogP contribution in [0.5, 0.6) is 0 Å². The molecule has 1 aliphatic heterocycles. The Morgan fingerprint density at radius 3 is 2.81 bits per heavy atom. The van der Waals surface area contributed by atoms with Crippen molar-refractivity contribution in [2.45, 2.75) is 31.4 Å². The lowest BCUT2D eigenvalue weighted by atomic mass is 9.95. The molecule has 8 heteroatoms. The van der Waals surface area contributed by atoms with Gasteiger partial charge in [-0.3, -0.25) is 9.59 Å². The predicted octanol–water partition coefficient (Wildman–Crippen LogP) is 2.65. The van der Waals surface area contributed by atoms with Crippen LogP contribution < -0.4 is 5.32 Å². The lowest BCUT2D eigenvalue weighted by molar-refractivity contribution is -0.126. The number of likely N-dealkylation sites (tertiary alicyclic amines) is 1. The average molecular weight is 394 g/mol. The Hall–Kier alpha value is -2.32. The molecule has 1 fully saturated rings. The van der Waals surface area contributed by atoms with Gasteiger partial charge in [0.1, 0.15) is 23.3 Å². The van der Waals surface area contributed by atoms with E-state index < -0.39 is 29.2 Å². The van der Waals surface area contributed by atoms with Crippen molar-refractivity contribution in [3.63, 3.8) is 0 Å². The summed E-state index contributed by atoms with van der Waals surface area (Å²) >= 11 is 1.31. The highest BCUT2D eigenvalue weighted by atomic mass is 32.1. The van der Waals surface area contributed by atoms with Crippen molar-refractivity contribution in [3.8, 4) is 0 Å². The third-order valence-electron chi connectivity index (χ3n) is 4.67. The summed E-state index contributed by atoms with van der Waals surface area (Å²) in [6, 6.07) is 5.74. The second-order valence-electron chi connectivity index (χ2n) is 6.75. The van der Waals surface area contributed by atoms with Crippen LogP contribution in [0.3, 0.4) is 0 Å². The monoisotopic (exact) mass is 394 g/mol. The Labute approximate surface area is 159 Å². The van der Waals surface area contributed by atoms with E-state index in [-0.39, 0.29) is 18.0 Å². The van der Waals surface area contributed by atoms with Gasteiger partial charge in [-0.25, -0.2) is 8.78 Å². The normalized spacial score (nSPS) is 19.0. The summed E-state index contributed by atoms with van der Waals surface area (Å²) < 4.78 is 27.0. The lowest BCUT2D eigenvalue weighted by Crippen LogP contribution is -2.49. The number of thiophene rings is 1. The van der Waals surface area contributed by atoms with Gasteiger partial charge in [-0.1, -0.05) is 12.1 Å². The average Bonchev–Trinajstić information content (AvgIpc) is 3.30. The van der Waals surface area contributed by atoms with Crippen LogP contribution >= 0.6 is 11.3 Å². The summed E-state index contributed by atoms with van der Waals surface area (Å²) in [6.07, 6.45) is 1.23. The second-order valence-corrected chi connectivity index (χ2v) is 7.70. The van der Waals surface area contributed by atoms with Gasteiger partial charge in [-0.05, 0) is 37.3 Å². The third kappa shape index (κ3) is 4.17. The summed E-state index contributed by atoms with van der Waals surface area (Å²) in [5.74, 6) is -2.23. The number of carbonyl (C=O) groups excluding carboxylic acids is 2. The van der Waals surface area contributed by atoms with Crippen molar-refractivity contribution in [2.75, 3.05) is 13.1 Å². The zero-order chi connectivity index (χ0) is 19.6. The Balaban J connectivity index is 1.66. The first kappa shape index (κ1) is 19.4. The number of hydrogen-bond acceptors (Lipinski definition) is 4. The summed E-state index contributed by atoms with van der Waals surface area (Å²) in [4.78, 5) is 27.2. The zero-order valence-corrected chi connectivity index (χ0v) is 15.6. The lowest BCUT2D eigenvalue weighted by Gasteiger charge is -2.28. The van der Waals surface area contributed by atoms with Crippen LogP contribution in [0, 0.1) is 11.6 Å². The molecule has 0 aliphatic carbocycles. The van der Waals surface area contributed by atoms with E-state index in [1.807, 2.05) is 0 Å². The van der Waals surface area contributed by atoms with Crippen molar-refractivity contribution >= 4 is 23.2 Å². The molecule has 1 saturated heterocycles. The Morgan fingerprint density at radius 1 is 1.37 bits per heavy atom. The van der Waals surface area contributed by atoms with E-state index in [1.165, 1.54) is 23.2 Å². The van der Waals surface area contributed by atoms with Crippen molar-refractivity contribution in [1.82, 2.24) is 10.2 Å². The molecule has 2 N–H and O–H groups in total. The SMILES string of the molecule is CC(O)(CNC(=O)[C@@H]1CCCN1C(=O)c1cccs1)c1ccc(F)cc1F. The zero-order valence-electron chi connectivity index (χ0n) is 14.7. The van der Waals surface area contributed by atoms with E-state index in [9.17, 15) is 23.5 Å². The molecule has 2 aromatic rings. The summed E-state index contributed by atoms with van der Waals surface area (Å²) in [5.41, 5.74) is -1.82. The minimum atomic E-state index is -1.71. The number of nitrogens with one attached hydrogen (secondary N) is 1. The van der Waals surface area contributed by atoms with E-state index in [4.69, 9.17) is 0 Å². The van der Waals surface area contributed by atoms with E-state index >= 15 is 0 Å². The molecular weight excluding hydrogens is 374 g/mol. The molecule has 2 atom stereocenters. The molecule has 0 radical (unpaired) electrons. The predicted molar refractivity (Wildman–Crippen MR) is 97.3 cm³/mol. The highest BCUT2D eigenvalue weighted by molar-refractivity contribution is 7.12. The van der Waals surface area contributed by atoms with Gasteiger partial charge in [-0.2, -0.15) is 0 Å². The van der Waals surface area contributed by atoms with Crippen LogP contribution in [0.4, 0.5) is 8.78 Å². The maximum atomic E-state index is 13.9. The molecule has 2 amide bonds. The van der Waals surface area contributed by atoms with Crippen LogP contribution in [0.2, 0.25) is 0 Å². The Bertz CT molecular complexity index is 839. The Kier molecular flexibility index (Phi) is 5.57. The fourth-order valence-corrected chi connectivity index (χ4v) is 3.90. The molecule has 144 valence electrons. The minimum Gasteiger partial charge on any atom is -0.383 e. The van der Waals surface area contributed by atoms with E-state index in [0.717, 1.165) is 12.1 Å². The molecular formula is C19H20F2N2O3S. The van der Waals surface area contributed by atoms with E-state index in [0.29, 0.717) is 30.3 Å². The van der Waals surface area contributed by atoms with Crippen LogP contribution in [0.25, 0.3) is 0 Å². The number of aliphatic hydroxyl groups is 1. The standard InChI is InChI=1S/C19H20F2N2O3S/c1-19(26,13-7-6-12(20)10-14(13)21)11-22-17(24)15-4-2-8-23(15)18(25)16-5-3-9-27-16/h3,5-7,9-10,15,26H,2,4,8,11H2,1H3,(H,22,24)/t15-,19?/m0/s1. The van der Waals surface area contributed by atoms with Gasteiger partial charge in [0.25, 0.3) is 5.91 Å². The molecule has 0 bridgehead atoms.